The van der Waals surface area contributed by atoms with Crippen LogP contribution in [-0.4, -0.2) is 24.1 Å². The number of imidazole rings is 1. The van der Waals surface area contributed by atoms with Crippen LogP contribution in [-0.2, 0) is 12.3 Å². The highest BCUT2D eigenvalue weighted by molar-refractivity contribution is 7.98. The van der Waals surface area contributed by atoms with Crippen LogP contribution < -0.4 is 4.74 Å². The van der Waals surface area contributed by atoms with Gasteiger partial charge in [-0.15, -0.1) is 16.8 Å². The van der Waals surface area contributed by atoms with Crippen LogP contribution in [0.1, 0.15) is 24.5 Å². The van der Waals surface area contributed by atoms with E-state index in [-0.39, 0.29) is 5.02 Å². The first-order valence-electron chi connectivity index (χ1n) is 9.26. The van der Waals surface area contributed by atoms with E-state index in [1.54, 1.807) is 6.08 Å². The number of aromatic nitrogens is 5. The number of pyridine rings is 1. The third-order valence-electron chi connectivity index (χ3n) is 4.38. The summed E-state index contributed by atoms with van der Waals surface area (Å²) in [5.74, 6) is 1.25. The summed E-state index contributed by atoms with van der Waals surface area (Å²) in [5, 5.41) is 9.58. The maximum Gasteiger partial charge on any atom is 0.192 e. The fraction of sp³-hybridized carbons (Fsp3) is 0.190. The summed E-state index contributed by atoms with van der Waals surface area (Å²) in [6.45, 7) is 6.20. The van der Waals surface area contributed by atoms with Crippen LogP contribution in [0, 0.1) is 5.82 Å². The van der Waals surface area contributed by atoms with Crippen molar-refractivity contribution in [1.82, 2.24) is 24.1 Å². The Balaban J connectivity index is 1.52. The number of allylic oxidation sites excluding steroid dienone is 1. The van der Waals surface area contributed by atoms with Gasteiger partial charge in [0, 0.05) is 24.7 Å². The Morgan fingerprint density at radius 2 is 2.17 bits per heavy atom. The molecule has 1 aromatic carbocycles. The number of fused-ring (bicyclic) bond motifs is 1. The van der Waals surface area contributed by atoms with Crippen molar-refractivity contribution in [3.8, 4) is 5.75 Å². The van der Waals surface area contributed by atoms with Gasteiger partial charge in [0.2, 0.25) is 0 Å². The first-order valence-corrected chi connectivity index (χ1v) is 10.6. The van der Waals surface area contributed by atoms with Gasteiger partial charge in [0.1, 0.15) is 17.2 Å². The Labute approximate surface area is 182 Å². The molecule has 1 unspecified atom stereocenters. The molecular formula is C21H19ClFN5OS. The van der Waals surface area contributed by atoms with Crippen LogP contribution in [0.2, 0.25) is 5.02 Å². The topological polar surface area (TPSA) is 57.2 Å². The standard InChI is InChI=1S/C21H19ClFN5OS/c1-3-9-28-20(14(2)29-18-8-7-15(23)11-17(18)22)25-26-21(28)30-13-16-12-27-10-5-4-6-19(27)24-16/h3-8,10-12,14H,1,9,13H2,2H3. The highest BCUT2D eigenvalue weighted by Gasteiger charge is 2.20. The van der Waals surface area contributed by atoms with Gasteiger partial charge in [0.05, 0.1) is 10.7 Å². The number of thioether (sulfide) groups is 1. The summed E-state index contributed by atoms with van der Waals surface area (Å²) in [7, 11) is 0. The van der Waals surface area contributed by atoms with Crippen molar-refractivity contribution in [3.63, 3.8) is 0 Å². The average molecular weight is 444 g/mol. The molecule has 154 valence electrons. The van der Waals surface area contributed by atoms with E-state index in [9.17, 15) is 4.39 Å². The number of hydrogen-bond donors (Lipinski definition) is 0. The van der Waals surface area contributed by atoms with E-state index in [1.807, 2.05) is 46.5 Å². The van der Waals surface area contributed by atoms with E-state index < -0.39 is 11.9 Å². The quantitative estimate of drug-likeness (QED) is 0.272. The lowest BCUT2D eigenvalue weighted by atomic mass is 10.3. The lowest BCUT2D eigenvalue weighted by Crippen LogP contribution is -2.12. The second-order valence-corrected chi connectivity index (χ2v) is 7.91. The predicted molar refractivity (Wildman–Crippen MR) is 115 cm³/mol. The number of rotatable bonds is 8. The molecule has 0 radical (unpaired) electrons. The van der Waals surface area contributed by atoms with Crippen LogP contribution in [0.25, 0.3) is 5.65 Å². The Morgan fingerprint density at radius 3 is 2.93 bits per heavy atom. The summed E-state index contributed by atoms with van der Waals surface area (Å²) < 4.78 is 23.1. The number of hydrogen-bond acceptors (Lipinski definition) is 5. The molecule has 30 heavy (non-hydrogen) atoms. The largest absolute Gasteiger partial charge is 0.481 e. The maximum atomic E-state index is 13.3. The van der Waals surface area contributed by atoms with Crippen molar-refractivity contribution in [1.29, 1.82) is 0 Å². The smallest absolute Gasteiger partial charge is 0.192 e. The molecular weight excluding hydrogens is 425 g/mol. The molecule has 0 bridgehead atoms. The van der Waals surface area contributed by atoms with Gasteiger partial charge in [0.15, 0.2) is 17.1 Å². The van der Waals surface area contributed by atoms with Crippen molar-refractivity contribution >= 4 is 29.0 Å². The van der Waals surface area contributed by atoms with Crippen LogP contribution in [0.4, 0.5) is 4.39 Å². The second-order valence-electron chi connectivity index (χ2n) is 6.56. The maximum absolute atomic E-state index is 13.3. The molecule has 1 atom stereocenters. The minimum absolute atomic E-state index is 0.207. The molecule has 0 amide bonds. The second kappa shape index (κ2) is 8.89. The average Bonchev–Trinajstić information content (AvgIpc) is 3.32. The van der Waals surface area contributed by atoms with Crippen molar-refractivity contribution in [2.45, 2.75) is 30.5 Å². The first-order chi connectivity index (χ1) is 14.5. The molecule has 0 saturated carbocycles. The van der Waals surface area contributed by atoms with Gasteiger partial charge in [-0.25, -0.2) is 9.37 Å². The Hall–Kier alpha value is -2.84. The minimum Gasteiger partial charge on any atom is -0.481 e. The molecule has 4 aromatic rings. The number of benzene rings is 1. The van der Waals surface area contributed by atoms with Crippen LogP contribution in [0.5, 0.6) is 5.75 Å². The van der Waals surface area contributed by atoms with E-state index in [2.05, 4.69) is 21.8 Å². The van der Waals surface area contributed by atoms with Crippen molar-refractivity contribution in [3.05, 3.63) is 83.8 Å². The van der Waals surface area contributed by atoms with Crippen LogP contribution >= 0.6 is 23.4 Å². The monoisotopic (exact) mass is 443 g/mol. The van der Waals surface area contributed by atoms with Crippen molar-refractivity contribution in [2.75, 3.05) is 0 Å². The highest BCUT2D eigenvalue weighted by Crippen LogP contribution is 2.30. The summed E-state index contributed by atoms with van der Waals surface area (Å²) >= 11 is 7.62. The molecule has 0 fully saturated rings. The van der Waals surface area contributed by atoms with Crippen LogP contribution in [0.15, 0.2) is 66.6 Å². The molecule has 0 spiro atoms. The summed E-state index contributed by atoms with van der Waals surface area (Å²) in [6.07, 6.45) is 5.30. The van der Waals surface area contributed by atoms with Gasteiger partial charge in [-0.05, 0) is 37.3 Å². The zero-order chi connectivity index (χ0) is 21.1. The Bertz CT molecular complexity index is 1160. The highest BCUT2D eigenvalue weighted by atomic mass is 35.5. The molecule has 6 nitrogen and oxygen atoms in total. The van der Waals surface area contributed by atoms with Gasteiger partial charge in [-0.2, -0.15) is 0 Å². The molecule has 0 aliphatic heterocycles. The zero-order valence-corrected chi connectivity index (χ0v) is 17.8. The number of ether oxygens (including phenoxy) is 1. The van der Waals surface area contributed by atoms with E-state index in [1.165, 1.54) is 30.0 Å². The molecule has 0 aliphatic rings. The minimum atomic E-state index is -0.440. The number of nitrogens with zero attached hydrogens (tertiary/aromatic N) is 5. The Morgan fingerprint density at radius 1 is 1.30 bits per heavy atom. The Kier molecular flexibility index (Phi) is 6.06. The first kappa shape index (κ1) is 20.4. The van der Waals surface area contributed by atoms with E-state index >= 15 is 0 Å². The fourth-order valence-electron chi connectivity index (χ4n) is 3.02. The van der Waals surface area contributed by atoms with Gasteiger partial charge in [-0.3, -0.25) is 4.57 Å². The lowest BCUT2D eigenvalue weighted by molar-refractivity contribution is 0.210. The molecule has 0 N–H and O–H groups in total. The predicted octanol–water partition coefficient (Wildman–Crippen LogP) is 5.34. The molecule has 3 heterocycles. The summed E-state index contributed by atoms with van der Waals surface area (Å²) in [5.41, 5.74) is 1.85. The number of halogens is 2. The van der Waals surface area contributed by atoms with E-state index in [0.717, 1.165) is 16.5 Å². The zero-order valence-electron chi connectivity index (χ0n) is 16.2. The van der Waals surface area contributed by atoms with Gasteiger partial charge in [0.25, 0.3) is 0 Å². The van der Waals surface area contributed by atoms with E-state index in [4.69, 9.17) is 16.3 Å². The van der Waals surface area contributed by atoms with Crippen molar-refractivity contribution < 1.29 is 9.13 Å². The summed E-state index contributed by atoms with van der Waals surface area (Å²) in [6, 6.07) is 9.91. The SMILES string of the molecule is C=CCn1c(SCc2cn3ccccc3n2)nnc1C(C)Oc1ccc(F)cc1Cl. The molecule has 0 aliphatic carbocycles. The van der Waals surface area contributed by atoms with Crippen LogP contribution in [0.3, 0.4) is 0 Å². The third-order valence-corrected chi connectivity index (χ3v) is 5.68. The molecule has 0 saturated heterocycles. The van der Waals surface area contributed by atoms with Gasteiger partial charge >= 0.3 is 0 Å². The summed E-state index contributed by atoms with van der Waals surface area (Å²) in [4.78, 5) is 4.61. The normalized spacial score (nSPS) is 12.2. The lowest BCUT2D eigenvalue weighted by Gasteiger charge is -2.16. The van der Waals surface area contributed by atoms with Gasteiger partial charge < -0.3 is 9.14 Å². The van der Waals surface area contributed by atoms with Gasteiger partial charge in [-0.1, -0.05) is 35.5 Å². The van der Waals surface area contributed by atoms with E-state index in [0.29, 0.717) is 23.9 Å². The third kappa shape index (κ3) is 4.34. The fourth-order valence-corrected chi connectivity index (χ4v) is 4.07. The molecule has 3 aromatic heterocycles. The molecule has 9 heteroatoms. The molecule has 4 rings (SSSR count). The van der Waals surface area contributed by atoms with Crippen molar-refractivity contribution in [2.24, 2.45) is 0 Å².